The molecule has 0 aromatic heterocycles. The molecule has 0 bridgehead atoms. The minimum absolute atomic E-state index is 0. The number of rotatable bonds is 5. The van der Waals surface area contributed by atoms with E-state index in [9.17, 15) is 4.79 Å². The number of hydrogen-bond acceptors (Lipinski definition) is 5. The van der Waals surface area contributed by atoms with Gasteiger partial charge in [0.1, 0.15) is 0 Å². The fraction of sp³-hybridized carbons (Fsp3) is 0.889. The Morgan fingerprint density at radius 1 is 1.31 bits per heavy atom. The van der Waals surface area contributed by atoms with Crippen LogP contribution in [0.15, 0.2) is 4.99 Å². The number of halogens is 1. The summed E-state index contributed by atoms with van der Waals surface area (Å²) >= 11 is 0. The molecule has 0 amide bonds. The summed E-state index contributed by atoms with van der Waals surface area (Å²) in [6.07, 6.45) is 3.66. The fourth-order valence-corrected chi connectivity index (χ4v) is 3.64. The number of likely N-dealkylation sites (N-methyl/N-ethyl adjacent to an activating group) is 1. The summed E-state index contributed by atoms with van der Waals surface area (Å²) in [4.78, 5) is 21.2. The average Bonchev–Trinajstić information content (AvgIpc) is 2.65. The van der Waals surface area contributed by atoms with Crippen LogP contribution in [0.25, 0.3) is 0 Å². The van der Waals surface area contributed by atoms with Gasteiger partial charge in [0.15, 0.2) is 5.96 Å². The van der Waals surface area contributed by atoms with Crippen LogP contribution in [0.1, 0.15) is 32.6 Å². The Labute approximate surface area is 174 Å². The zero-order valence-electron chi connectivity index (χ0n) is 16.6. The van der Waals surface area contributed by atoms with Crippen LogP contribution in [0.2, 0.25) is 0 Å². The number of carbonyl (C=O) groups is 1. The van der Waals surface area contributed by atoms with E-state index in [0.717, 1.165) is 71.0 Å². The molecule has 2 heterocycles. The third-order valence-corrected chi connectivity index (χ3v) is 5.56. The van der Waals surface area contributed by atoms with Gasteiger partial charge in [-0.15, -0.1) is 24.0 Å². The number of aliphatic imine (C=N–C) groups is 1. The van der Waals surface area contributed by atoms with Crippen LogP contribution in [-0.4, -0.2) is 87.9 Å². The summed E-state index contributed by atoms with van der Waals surface area (Å²) in [6, 6.07) is 0. The van der Waals surface area contributed by atoms with Crippen LogP contribution in [0, 0.1) is 5.92 Å². The van der Waals surface area contributed by atoms with Gasteiger partial charge in [-0.2, -0.15) is 0 Å². The van der Waals surface area contributed by atoms with Crippen LogP contribution in [0.4, 0.5) is 0 Å². The van der Waals surface area contributed by atoms with Crippen molar-refractivity contribution in [1.29, 1.82) is 0 Å². The summed E-state index contributed by atoms with van der Waals surface area (Å²) in [6.45, 7) is 6.97. The van der Waals surface area contributed by atoms with Gasteiger partial charge in [-0.25, -0.2) is 0 Å². The molecule has 0 aromatic rings. The summed E-state index contributed by atoms with van der Waals surface area (Å²) in [7, 11) is 5.74. The topological polar surface area (TPSA) is 66.4 Å². The first-order valence-electron chi connectivity index (χ1n) is 9.38. The summed E-state index contributed by atoms with van der Waals surface area (Å²) in [5.41, 5.74) is 0.0727. The molecule has 2 saturated heterocycles. The lowest BCUT2D eigenvalue weighted by Gasteiger charge is -2.42. The van der Waals surface area contributed by atoms with Crippen LogP contribution >= 0.6 is 24.0 Å². The fourth-order valence-electron chi connectivity index (χ4n) is 3.64. The molecule has 7 nitrogen and oxygen atoms in total. The predicted molar refractivity (Wildman–Crippen MR) is 114 cm³/mol. The number of esters is 1. The van der Waals surface area contributed by atoms with Gasteiger partial charge >= 0.3 is 5.97 Å². The zero-order valence-corrected chi connectivity index (χ0v) is 19.0. The Balaban J connectivity index is 0.00000338. The number of methoxy groups -OCH3 is 1. The van der Waals surface area contributed by atoms with Crippen molar-refractivity contribution in [2.75, 3.05) is 60.6 Å². The highest BCUT2D eigenvalue weighted by Gasteiger charge is 2.35. The van der Waals surface area contributed by atoms with E-state index in [1.807, 2.05) is 0 Å². The van der Waals surface area contributed by atoms with E-state index in [0.29, 0.717) is 0 Å². The van der Waals surface area contributed by atoms with E-state index >= 15 is 0 Å². The van der Waals surface area contributed by atoms with Crippen LogP contribution < -0.4 is 5.32 Å². The molecule has 0 saturated carbocycles. The third-order valence-electron chi connectivity index (χ3n) is 5.56. The highest BCUT2D eigenvalue weighted by Crippen LogP contribution is 2.26. The normalized spacial score (nSPS) is 21.3. The second kappa shape index (κ2) is 11.3. The number of nitrogens with zero attached hydrogens (tertiary/aromatic N) is 3. The quantitative estimate of drug-likeness (QED) is 0.278. The average molecular weight is 482 g/mol. The lowest BCUT2D eigenvalue weighted by molar-refractivity contribution is -0.146. The molecule has 2 fully saturated rings. The van der Waals surface area contributed by atoms with E-state index in [-0.39, 0.29) is 41.4 Å². The minimum Gasteiger partial charge on any atom is -0.469 e. The molecule has 0 spiro atoms. The van der Waals surface area contributed by atoms with Crippen LogP contribution in [0.3, 0.4) is 0 Å². The number of carbonyl (C=O) groups excluding carboxylic acids is 1. The molecular weight excluding hydrogens is 447 g/mol. The molecule has 26 heavy (non-hydrogen) atoms. The van der Waals surface area contributed by atoms with Gasteiger partial charge in [-0.05, 0) is 46.7 Å². The molecule has 2 aliphatic heterocycles. The molecule has 8 heteroatoms. The Kier molecular flexibility index (Phi) is 10.2. The zero-order chi connectivity index (χ0) is 18.3. The largest absolute Gasteiger partial charge is 0.469 e. The predicted octanol–water partition coefficient (Wildman–Crippen LogP) is 1.57. The Hall–Kier alpha value is -0.610. The molecule has 2 aliphatic rings. The highest BCUT2D eigenvalue weighted by atomic mass is 127. The van der Waals surface area contributed by atoms with Crippen molar-refractivity contribution in [3.63, 3.8) is 0 Å². The van der Waals surface area contributed by atoms with E-state index in [1.54, 1.807) is 0 Å². The summed E-state index contributed by atoms with van der Waals surface area (Å²) < 4.78 is 10.4. The molecule has 0 unspecified atom stereocenters. The first kappa shape index (κ1) is 23.4. The molecule has 152 valence electrons. The Bertz CT molecular complexity index is 459. The number of piperidine rings is 1. The smallest absolute Gasteiger partial charge is 0.308 e. The van der Waals surface area contributed by atoms with Crippen molar-refractivity contribution in [2.24, 2.45) is 10.9 Å². The molecule has 0 radical (unpaired) electrons. The molecule has 1 N–H and O–H groups in total. The van der Waals surface area contributed by atoms with Crippen molar-refractivity contribution < 1.29 is 14.3 Å². The van der Waals surface area contributed by atoms with E-state index in [2.05, 4.69) is 36.1 Å². The maximum atomic E-state index is 11.7. The van der Waals surface area contributed by atoms with Gasteiger partial charge in [0.2, 0.25) is 0 Å². The van der Waals surface area contributed by atoms with Crippen molar-refractivity contribution in [3.8, 4) is 0 Å². The molecular formula is C18H35IN4O3. The number of guanidine groups is 1. The Morgan fingerprint density at radius 3 is 2.42 bits per heavy atom. The number of nitrogens with one attached hydrogen (secondary N) is 1. The van der Waals surface area contributed by atoms with E-state index in [1.165, 1.54) is 7.11 Å². The minimum atomic E-state index is -0.0876. The van der Waals surface area contributed by atoms with Gasteiger partial charge in [-0.1, -0.05) is 0 Å². The van der Waals surface area contributed by atoms with Crippen LogP contribution in [0.5, 0.6) is 0 Å². The standard InChI is InChI=1S/C18H34N4O3.HI/c1-5-19-17(22-10-6-15(7-11-22)16(23)24-4)20-14-18(21(2)3)8-12-25-13-9-18;/h15H,5-14H2,1-4H3,(H,19,20);1H. The van der Waals surface area contributed by atoms with Crippen molar-refractivity contribution in [2.45, 2.75) is 38.1 Å². The van der Waals surface area contributed by atoms with E-state index < -0.39 is 0 Å². The van der Waals surface area contributed by atoms with Gasteiger partial charge < -0.3 is 24.6 Å². The highest BCUT2D eigenvalue weighted by molar-refractivity contribution is 14.0. The number of ether oxygens (including phenoxy) is 2. The summed E-state index contributed by atoms with van der Waals surface area (Å²) in [5.74, 6) is 0.890. The molecule has 2 rings (SSSR count). The second-order valence-electron chi connectivity index (χ2n) is 7.19. The third kappa shape index (κ3) is 5.95. The first-order chi connectivity index (χ1) is 12.0. The summed E-state index contributed by atoms with van der Waals surface area (Å²) in [5, 5.41) is 3.42. The van der Waals surface area contributed by atoms with Gasteiger partial charge in [0, 0.05) is 38.4 Å². The van der Waals surface area contributed by atoms with Gasteiger partial charge in [0.25, 0.3) is 0 Å². The van der Waals surface area contributed by atoms with Crippen LogP contribution in [-0.2, 0) is 14.3 Å². The monoisotopic (exact) mass is 482 g/mol. The SMILES string of the molecule is CCNC(=NCC1(N(C)C)CCOCC1)N1CCC(C(=O)OC)CC1.I. The van der Waals surface area contributed by atoms with Gasteiger partial charge in [-0.3, -0.25) is 9.79 Å². The Morgan fingerprint density at radius 2 is 1.92 bits per heavy atom. The molecule has 0 aromatic carbocycles. The maximum absolute atomic E-state index is 11.7. The lowest BCUT2D eigenvalue weighted by Crippen LogP contribution is -2.52. The van der Waals surface area contributed by atoms with E-state index in [4.69, 9.17) is 14.5 Å². The lowest BCUT2D eigenvalue weighted by atomic mass is 9.89. The first-order valence-corrected chi connectivity index (χ1v) is 9.38. The molecule has 0 aliphatic carbocycles. The second-order valence-corrected chi connectivity index (χ2v) is 7.19. The molecule has 0 atom stereocenters. The number of hydrogen-bond donors (Lipinski definition) is 1. The van der Waals surface area contributed by atoms with Crippen molar-refractivity contribution in [1.82, 2.24) is 15.1 Å². The number of likely N-dealkylation sites (tertiary alicyclic amines) is 1. The van der Waals surface area contributed by atoms with Gasteiger partial charge in [0.05, 0.1) is 19.6 Å². The maximum Gasteiger partial charge on any atom is 0.308 e. The van der Waals surface area contributed by atoms with Crippen molar-refractivity contribution in [3.05, 3.63) is 0 Å². The van der Waals surface area contributed by atoms with Crippen molar-refractivity contribution >= 4 is 35.9 Å².